The van der Waals surface area contributed by atoms with Crippen LogP contribution in [0.15, 0.2) is 18.2 Å². The van der Waals surface area contributed by atoms with Crippen molar-refractivity contribution in [3.63, 3.8) is 0 Å². The SMILES string of the molecule is CCNC(=O)C(C)Oc1ccc([C@H](C)N)cc1Cl. The number of benzene rings is 1. The van der Waals surface area contributed by atoms with Crippen molar-refractivity contribution < 1.29 is 9.53 Å². The summed E-state index contributed by atoms with van der Waals surface area (Å²) in [7, 11) is 0. The number of hydrogen-bond donors (Lipinski definition) is 2. The van der Waals surface area contributed by atoms with Crippen molar-refractivity contribution >= 4 is 17.5 Å². The summed E-state index contributed by atoms with van der Waals surface area (Å²) in [6.07, 6.45) is -0.580. The molecule has 3 N–H and O–H groups in total. The molecule has 0 spiro atoms. The Labute approximate surface area is 112 Å². The fourth-order valence-corrected chi connectivity index (χ4v) is 1.69. The van der Waals surface area contributed by atoms with Crippen molar-refractivity contribution in [1.29, 1.82) is 0 Å². The lowest BCUT2D eigenvalue weighted by molar-refractivity contribution is -0.127. The topological polar surface area (TPSA) is 64.3 Å². The van der Waals surface area contributed by atoms with Crippen LogP contribution in [0.5, 0.6) is 5.75 Å². The van der Waals surface area contributed by atoms with Gasteiger partial charge >= 0.3 is 0 Å². The predicted molar refractivity (Wildman–Crippen MR) is 72.8 cm³/mol. The second-order valence-electron chi connectivity index (χ2n) is 4.13. The first-order valence-corrected chi connectivity index (χ1v) is 6.32. The van der Waals surface area contributed by atoms with Crippen molar-refractivity contribution in [2.24, 2.45) is 5.73 Å². The molecular formula is C13H19ClN2O2. The molecular weight excluding hydrogens is 252 g/mol. The Kier molecular flexibility index (Phi) is 5.44. The van der Waals surface area contributed by atoms with Gasteiger partial charge in [-0.2, -0.15) is 0 Å². The first kappa shape index (κ1) is 14.8. The number of rotatable bonds is 5. The Balaban J connectivity index is 2.76. The van der Waals surface area contributed by atoms with Gasteiger partial charge in [-0.1, -0.05) is 17.7 Å². The summed E-state index contributed by atoms with van der Waals surface area (Å²) in [5.74, 6) is 0.324. The highest BCUT2D eigenvalue weighted by Crippen LogP contribution is 2.28. The fraction of sp³-hybridized carbons (Fsp3) is 0.462. The minimum Gasteiger partial charge on any atom is -0.479 e. The maximum Gasteiger partial charge on any atom is 0.260 e. The van der Waals surface area contributed by atoms with Gasteiger partial charge in [-0.3, -0.25) is 4.79 Å². The number of carbonyl (C=O) groups is 1. The van der Waals surface area contributed by atoms with Crippen LogP contribution >= 0.6 is 11.6 Å². The molecule has 1 amide bonds. The average molecular weight is 271 g/mol. The van der Waals surface area contributed by atoms with Gasteiger partial charge in [-0.05, 0) is 38.5 Å². The van der Waals surface area contributed by atoms with Crippen molar-refractivity contribution in [2.45, 2.75) is 32.9 Å². The van der Waals surface area contributed by atoms with Crippen molar-refractivity contribution in [1.82, 2.24) is 5.32 Å². The standard InChI is InChI=1S/C13H19ClN2O2/c1-4-16-13(17)9(3)18-12-6-5-10(8(2)15)7-11(12)14/h5-9H,4,15H2,1-3H3,(H,16,17)/t8-,9?/m0/s1. The minimum atomic E-state index is -0.580. The zero-order valence-corrected chi connectivity index (χ0v) is 11.6. The number of ether oxygens (including phenoxy) is 1. The molecule has 2 atom stereocenters. The molecule has 0 saturated carbocycles. The maximum atomic E-state index is 11.5. The largest absolute Gasteiger partial charge is 0.479 e. The fourth-order valence-electron chi connectivity index (χ4n) is 1.46. The lowest BCUT2D eigenvalue weighted by Crippen LogP contribution is -2.36. The molecule has 4 nitrogen and oxygen atoms in total. The summed E-state index contributed by atoms with van der Waals surface area (Å²) in [4.78, 5) is 11.5. The Morgan fingerprint density at radius 2 is 2.17 bits per heavy atom. The number of carbonyl (C=O) groups excluding carboxylic acids is 1. The summed E-state index contributed by atoms with van der Waals surface area (Å²) >= 11 is 6.09. The normalized spacial score (nSPS) is 13.8. The summed E-state index contributed by atoms with van der Waals surface area (Å²) in [6.45, 7) is 5.99. The van der Waals surface area contributed by atoms with Crippen molar-refractivity contribution in [2.75, 3.05) is 6.54 Å². The van der Waals surface area contributed by atoms with Gasteiger partial charge in [0.2, 0.25) is 0 Å². The number of likely N-dealkylation sites (N-methyl/N-ethyl adjacent to an activating group) is 1. The first-order chi connectivity index (χ1) is 8.45. The van der Waals surface area contributed by atoms with E-state index in [-0.39, 0.29) is 11.9 Å². The van der Waals surface area contributed by atoms with E-state index >= 15 is 0 Å². The van der Waals surface area contributed by atoms with Crippen LogP contribution in [0.1, 0.15) is 32.4 Å². The zero-order chi connectivity index (χ0) is 13.7. The van der Waals surface area contributed by atoms with E-state index in [1.807, 2.05) is 19.9 Å². The molecule has 1 unspecified atom stereocenters. The van der Waals surface area contributed by atoms with Crippen LogP contribution < -0.4 is 15.8 Å². The molecule has 0 aromatic heterocycles. The van der Waals surface area contributed by atoms with Gasteiger partial charge in [-0.25, -0.2) is 0 Å². The lowest BCUT2D eigenvalue weighted by Gasteiger charge is -2.16. The number of hydrogen-bond acceptors (Lipinski definition) is 3. The summed E-state index contributed by atoms with van der Waals surface area (Å²) in [5.41, 5.74) is 6.69. The van der Waals surface area contributed by atoms with E-state index in [0.717, 1.165) is 5.56 Å². The van der Waals surface area contributed by atoms with E-state index in [9.17, 15) is 4.79 Å². The highest BCUT2D eigenvalue weighted by molar-refractivity contribution is 6.32. The summed E-state index contributed by atoms with van der Waals surface area (Å²) < 4.78 is 5.51. The Morgan fingerprint density at radius 1 is 1.50 bits per heavy atom. The number of halogens is 1. The molecule has 100 valence electrons. The molecule has 5 heteroatoms. The smallest absolute Gasteiger partial charge is 0.260 e. The summed E-state index contributed by atoms with van der Waals surface area (Å²) in [5, 5.41) is 3.15. The van der Waals surface area contributed by atoms with Crippen LogP contribution in [0.3, 0.4) is 0 Å². The predicted octanol–water partition coefficient (Wildman–Crippen LogP) is 2.26. The van der Waals surface area contributed by atoms with Crippen LogP contribution in [0.25, 0.3) is 0 Å². The van der Waals surface area contributed by atoms with E-state index in [1.54, 1.807) is 19.1 Å². The monoisotopic (exact) mass is 270 g/mol. The summed E-state index contributed by atoms with van der Waals surface area (Å²) in [6, 6.07) is 5.25. The molecule has 0 aliphatic carbocycles. The first-order valence-electron chi connectivity index (χ1n) is 5.95. The lowest BCUT2D eigenvalue weighted by atomic mass is 10.1. The molecule has 0 aliphatic rings. The number of nitrogens with one attached hydrogen (secondary N) is 1. The second kappa shape index (κ2) is 6.61. The Hall–Kier alpha value is -1.26. The van der Waals surface area contributed by atoms with E-state index in [4.69, 9.17) is 22.1 Å². The van der Waals surface area contributed by atoms with Crippen molar-refractivity contribution in [3.05, 3.63) is 28.8 Å². The van der Waals surface area contributed by atoms with Crippen LogP contribution in [0, 0.1) is 0 Å². The molecule has 1 rings (SSSR count). The average Bonchev–Trinajstić information content (AvgIpc) is 2.31. The molecule has 1 aromatic rings. The number of amides is 1. The number of nitrogens with two attached hydrogens (primary N) is 1. The van der Waals surface area contributed by atoms with Crippen LogP contribution in [0.4, 0.5) is 0 Å². The highest BCUT2D eigenvalue weighted by atomic mass is 35.5. The second-order valence-corrected chi connectivity index (χ2v) is 4.54. The zero-order valence-electron chi connectivity index (χ0n) is 10.9. The van der Waals surface area contributed by atoms with Gasteiger partial charge in [0.05, 0.1) is 5.02 Å². The van der Waals surface area contributed by atoms with E-state index in [0.29, 0.717) is 17.3 Å². The molecule has 0 heterocycles. The van der Waals surface area contributed by atoms with Gasteiger partial charge in [-0.15, -0.1) is 0 Å². The Bertz CT molecular complexity index is 421. The third kappa shape index (κ3) is 3.89. The quantitative estimate of drug-likeness (QED) is 0.863. The van der Waals surface area contributed by atoms with Gasteiger partial charge < -0.3 is 15.8 Å². The molecule has 0 fully saturated rings. The molecule has 1 aromatic carbocycles. The van der Waals surface area contributed by atoms with E-state index in [1.165, 1.54) is 0 Å². The maximum absolute atomic E-state index is 11.5. The minimum absolute atomic E-state index is 0.0858. The van der Waals surface area contributed by atoms with Crippen LogP contribution in [0.2, 0.25) is 5.02 Å². The van der Waals surface area contributed by atoms with Gasteiger partial charge in [0.25, 0.3) is 5.91 Å². The van der Waals surface area contributed by atoms with Crippen molar-refractivity contribution in [3.8, 4) is 5.75 Å². The molecule has 0 bridgehead atoms. The van der Waals surface area contributed by atoms with Gasteiger partial charge in [0.1, 0.15) is 5.75 Å². The van der Waals surface area contributed by atoms with Crippen LogP contribution in [-0.4, -0.2) is 18.6 Å². The van der Waals surface area contributed by atoms with E-state index < -0.39 is 6.10 Å². The van der Waals surface area contributed by atoms with Gasteiger partial charge in [0.15, 0.2) is 6.10 Å². The molecule has 0 radical (unpaired) electrons. The Morgan fingerprint density at radius 3 is 2.67 bits per heavy atom. The molecule has 18 heavy (non-hydrogen) atoms. The molecule has 0 saturated heterocycles. The highest BCUT2D eigenvalue weighted by Gasteiger charge is 2.15. The third-order valence-electron chi connectivity index (χ3n) is 2.51. The third-order valence-corrected chi connectivity index (χ3v) is 2.80. The molecule has 0 aliphatic heterocycles. The van der Waals surface area contributed by atoms with Gasteiger partial charge in [0, 0.05) is 12.6 Å². The van der Waals surface area contributed by atoms with Crippen LogP contribution in [-0.2, 0) is 4.79 Å². The van der Waals surface area contributed by atoms with E-state index in [2.05, 4.69) is 5.32 Å².